The van der Waals surface area contributed by atoms with E-state index in [1.807, 2.05) is 45.9 Å². The summed E-state index contributed by atoms with van der Waals surface area (Å²) in [5.41, 5.74) is 3.75. The van der Waals surface area contributed by atoms with Crippen LogP contribution in [-0.4, -0.2) is 32.1 Å². The Morgan fingerprint density at radius 1 is 1.09 bits per heavy atom. The zero-order valence-electron chi connectivity index (χ0n) is 20.2. The molecule has 0 saturated carbocycles. The number of amides is 1. The largest absolute Gasteiger partial charge is 0.339 e. The average molecular weight is 474 g/mol. The molecule has 4 aromatic rings. The predicted molar refractivity (Wildman–Crippen MR) is 133 cm³/mol. The summed E-state index contributed by atoms with van der Waals surface area (Å²) in [6.45, 7) is 8.96. The molecule has 1 amide bonds. The van der Waals surface area contributed by atoms with E-state index in [-0.39, 0.29) is 17.7 Å². The molecule has 35 heavy (non-hydrogen) atoms. The van der Waals surface area contributed by atoms with Crippen molar-refractivity contribution in [1.82, 2.24) is 19.7 Å². The molecule has 180 valence electrons. The second-order valence-corrected chi connectivity index (χ2v) is 9.63. The SMILES string of the molecule is Cc1ccc(N2CC(c3nc(-c4ccc5c(c4)[nH]c(=O)c(=O)n5CC(C)C)no3)CC2=O)cc1C. The van der Waals surface area contributed by atoms with Crippen molar-refractivity contribution in [2.45, 2.75) is 46.6 Å². The van der Waals surface area contributed by atoms with Crippen LogP contribution in [0.3, 0.4) is 0 Å². The number of carbonyl (C=O) groups excluding carboxylic acids is 1. The maximum Gasteiger partial charge on any atom is 0.316 e. The van der Waals surface area contributed by atoms with E-state index in [1.54, 1.807) is 23.1 Å². The fourth-order valence-corrected chi connectivity index (χ4v) is 4.50. The Labute approximate surface area is 201 Å². The van der Waals surface area contributed by atoms with Crippen LogP contribution in [0.1, 0.15) is 43.2 Å². The molecule has 5 rings (SSSR count). The summed E-state index contributed by atoms with van der Waals surface area (Å²) in [4.78, 5) is 46.3. The molecule has 9 nitrogen and oxygen atoms in total. The summed E-state index contributed by atoms with van der Waals surface area (Å²) in [6, 6.07) is 11.3. The van der Waals surface area contributed by atoms with Crippen molar-refractivity contribution in [3.63, 3.8) is 0 Å². The minimum atomic E-state index is -0.667. The molecule has 1 N–H and O–H groups in total. The summed E-state index contributed by atoms with van der Waals surface area (Å²) in [7, 11) is 0. The van der Waals surface area contributed by atoms with Crippen molar-refractivity contribution >= 4 is 22.6 Å². The number of benzene rings is 2. The van der Waals surface area contributed by atoms with Gasteiger partial charge in [0.15, 0.2) is 0 Å². The van der Waals surface area contributed by atoms with Crippen LogP contribution in [-0.2, 0) is 11.3 Å². The van der Waals surface area contributed by atoms with Crippen molar-refractivity contribution in [3.05, 3.63) is 74.1 Å². The zero-order chi connectivity index (χ0) is 24.9. The quantitative estimate of drug-likeness (QED) is 0.444. The van der Waals surface area contributed by atoms with Crippen LogP contribution in [0.15, 0.2) is 50.5 Å². The van der Waals surface area contributed by atoms with E-state index in [4.69, 9.17) is 4.52 Å². The van der Waals surface area contributed by atoms with E-state index >= 15 is 0 Å². The summed E-state index contributed by atoms with van der Waals surface area (Å²) in [5.74, 6) is 0.778. The fraction of sp³-hybridized carbons (Fsp3) is 0.346. The van der Waals surface area contributed by atoms with Gasteiger partial charge in [0.05, 0.1) is 17.0 Å². The van der Waals surface area contributed by atoms with Crippen LogP contribution in [0.2, 0.25) is 0 Å². The highest BCUT2D eigenvalue weighted by atomic mass is 16.5. The van der Waals surface area contributed by atoms with Gasteiger partial charge in [0.1, 0.15) is 0 Å². The first-order valence-electron chi connectivity index (χ1n) is 11.7. The highest BCUT2D eigenvalue weighted by molar-refractivity contribution is 5.96. The van der Waals surface area contributed by atoms with Crippen LogP contribution in [0.25, 0.3) is 22.4 Å². The smallest absolute Gasteiger partial charge is 0.316 e. The number of anilines is 1. The Kier molecular flexibility index (Phi) is 5.62. The molecule has 0 aliphatic carbocycles. The summed E-state index contributed by atoms with van der Waals surface area (Å²) in [6.07, 6.45) is 0.293. The molecule has 1 saturated heterocycles. The normalized spacial score (nSPS) is 16.1. The number of rotatable bonds is 5. The van der Waals surface area contributed by atoms with Crippen molar-refractivity contribution in [2.24, 2.45) is 5.92 Å². The Morgan fingerprint density at radius 3 is 2.63 bits per heavy atom. The van der Waals surface area contributed by atoms with Gasteiger partial charge in [-0.15, -0.1) is 0 Å². The Balaban J connectivity index is 1.43. The topological polar surface area (TPSA) is 114 Å². The molecule has 1 aliphatic rings. The number of nitrogens with zero attached hydrogens (tertiary/aromatic N) is 4. The number of H-pyrrole nitrogens is 1. The maximum atomic E-state index is 12.7. The van der Waals surface area contributed by atoms with Crippen molar-refractivity contribution in [2.75, 3.05) is 11.4 Å². The Morgan fingerprint density at radius 2 is 1.89 bits per heavy atom. The third-order valence-electron chi connectivity index (χ3n) is 6.50. The number of fused-ring (bicyclic) bond motifs is 1. The highest BCUT2D eigenvalue weighted by Gasteiger charge is 2.35. The standard InChI is InChI=1S/C26H27N5O4/c1-14(2)12-31-21-8-6-17(10-20(21)27-24(33)26(31)34)23-28-25(35-29-23)18-11-22(32)30(13-18)19-7-5-15(3)16(4)9-19/h5-10,14,18H,11-13H2,1-4H3,(H,27,33). The monoisotopic (exact) mass is 473 g/mol. The average Bonchev–Trinajstić information content (AvgIpc) is 3.45. The van der Waals surface area contributed by atoms with Crippen molar-refractivity contribution < 1.29 is 9.32 Å². The van der Waals surface area contributed by atoms with Crippen LogP contribution in [0.5, 0.6) is 0 Å². The molecule has 3 heterocycles. The molecule has 0 bridgehead atoms. The minimum absolute atomic E-state index is 0.0180. The zero-order valence-corrected chi connectivity index (χ0v) is 20.2. The first kappa shape index (κ1) is 22.8. The Bertz CT molecular complexity index is 1560. The number of hydrogen-bond donors (Lipinski definition) is 1. The second kappa shape index (κ2) is 8.65. The lowest BCUT2D eigenvalue weighted by Crippen LogP contribution is -2.37. The van der Waals surface area contributed by atoms with Gasteiger partial charge >= 0.3 is 11.1 Å². The number of nitrogens with one attached hydrogen (secondary N) is 1. The molecule has 1 unspecified atom stereocenters. The molecule has 1 atom stereocenters. The van der Waals surface area contributed by atoms with Gasteiger partial charge in [-0.05, 0) is 61.2 Å². The van der Waals surface area contributed by atoms with Crippen molar-refractivity contribution in [1.29, 1.82) is 0 Å². The van der Waals surface area contributed by atoms with Gasteiger partial charge in [0, 0.05) is 30.8 Å². The number of hydrogen-bond acceptors (Lipinski definition) is 6. The van der Waals surface area contributed by atoms with Gasteiger partial charge in [-0.25, -0.2) is 0 Å². The number of aromatic nitrogens is 4. The summed E-state index contributed by atoms with van der Waals surface area (Å²) in [5, 5.41) is 4.12. The maximum absolute atomic E-state index is 12.7. The Hall–Kier alpha value is -4.01. The van der Waals surface area contributed by atoms with Gasteiger partial charge in [-0.1, -0.05) is 25.1 Å². The lowest BCUT2D eigenvalue weighted by molar-refractivity contribution is -0.117. The van der Waals surface area contributed by atoms with Gasteiger partial charge in [0.2, 0.25) is 17.6 Å². The lowest BCUT2D eigenvalue weighted by atomic mass is 10.1. The van der Waals surface area contributed by atoms with E-state index in [1.165, 1.54) is 10.1 Å². The van der Waals surface area contributed by atoms with Gasteiger partial charge < -0.3 is 19.0 Å². The van der Waals surface area contributed by atoms with E-state index in [2.05, 4.69) is 15.1 Å². The third-order valence-corrected chi connectivity index (χ3v) is 6.50. The van der Waals surface area contributed by atoms with Crippen molar-refractivity contribution in [3.8, 4) is 11.4 Å². The highest BCUT2D eigenvalue weighted by Crippen LogP contribution is 2.33. The number of aryl methyl sites for hydroxylation is 2. The molecule has 1 fully saturated rings. The molecular formula is C26H27N5O4. The summed E-state index contributed by atoms with van der Waals surface area (Å²) < 4.78 is 7.04. The van der Waals surface area contributed by atoms with Gasteiger partial charge in [0.25, 0.3) is 0 Å². The fourth-order valence-electron chi connectivity index (χ4n) is 4.50. The molecule has 2 aromatic carbocycles. The number of carbonyl (C=O) groups is 1. The molecule has 1 aliphatic heterocycles. The summed E-state index contributed by atoms with van der Waals surface area (Å²) >= 11 is 0. The lowest BCUT2D eigenvalue weighted by Gasteiger charge is -2.17. The first-order valence-corrected chi connectivity index (χ1v) is 11.7. The van der Waals surface area contributed by atoms with E-state index in [9.17, 15) is 14.4 Å². The van der Waals surface area contributed by atoms with Crippen LogP contribution in [0, 0.1) is 19.8 Å². The minimum Gasteiger partial charge on any atom is -0.339 e. The van der Waals surface area contributed by atoms with Gasteiger partial charge in [-0.3, -0.25) is 14.4 Å². The number of aromatic amines is 1. The molecule has 0 spiro atoms. The van der Waals surface area contributed by atoms with Crippen LogP contribution < -0.4 is 16.0 Å². The predicted octanol–water partition coefficient (Wildman–Crippen LogP) is 3.53. The van der Waals surface area contributed by atoms with Crippen LogP contribution in [0.4, 0.5) is 5.69 Å². The second-order valence-electron chi connectivity index (χ2n) is 9.63. The first-order chi connectivity index (χ1) is 16.7. The van der Waals surface area contributed by atoms with Gasteiger partial charge in [-0.2, -0.15) is 4.98 Å². The third kappa shape index (κ3) is 4.18. The van der Waals surface area contributed by atoms with E-state index in [0.29, 0.717) is 47.8 Å². The van der Waals surface area contributed by atoms with Crippen LogP contribution >= 0.6 is 0 Å². The van der Waals surface area contributed by atoms with E-state index < -0.39 is 11.1 Å². The molecule has 2 aromatic heterocycles. The molecule has 0 radical (unpaired) electrons. The molecule has 9 heteroatoms. The molecular weight excluding hydrogens is 446 g/mol. The van der Waals surface area contributed by atoms with E-state index in [0.717, 1.165) is 11.3 Å².